The number of nitrogens with one attached hydrogen (secondary N) is 2. The Morgan fingerprint density at radius 3 is 2.34 bits per heavy atom. The fourth-order valence-corrected chi connectivity index (χ4v) is 6.97. The van der Waals surface area contributed by atoms with E-state index in [1.807, 2.05) is 38.1 Å². The summed E-state index contributed by atoms with van der Waals surface area (Å²) >= 11 is 1.12. The second-order valence-corrected chi connectivity index (χ2v) is 14.9. The minimum absolute atomic E-state index is 0.0609. The number of carbonyl (C=O) groups is 2. The number of primary sulfonamides is 1. The number of ether oxygens (including phenoxy) is 1. The van der Waals surface area contributed by atoms with Crippen LogP contribution in [-0.2, 0) is 35.0 Å². The second kappa shape index (κ2) is 12.1. The third kappa shape index (κ3) is 7.49. The van der Waals surface area contributed by atoms with E-state index in [2.05, 4.69) is 15.6 Å². The quantitative estimate of drug-likeness (QED) is 0.210. The van der Waals surface area contributed by atoms with Gasteiger partial charge in [-0.2, -0.15) is 0 Å². The molecule has 1 fully saturated rings. The molecule has 1 saturated carbocycles. The number of nitrogens with zero attached hydrogens (tertiary/aromatic N) is 1. The highest BCUT2D eigenvalue weighted by atomic mass is 32.2. The van der Waals surface area contributed by atoms with E-state index in [9.17, 15) is 26.4 Å². The molecule has 3 aromatic rings. The molecule has 0 spiro atoms. The van der Waals surface area contributed by atoms with Crippen molar-refractivity contribution >= 4 is 54.1 Å². The SMILES string of the molecule is COC(C)(C)CNC(=O)c1ccc(-c2ccc3nc(C(CC4CC4)(C(=O)NCCS(N)(=O)=O)[SH](=O)=O)sc3c2)cc1. The molecule has 0 saturated heterocycles. The summed E-state index contributed by atoms with van der Waals surface area (Å²) < 4.78 is 52.2. The summed E-state index contributed by atoms with van der Waals surface area (Å²) in [5.74, 6) is -1.47. The van der Waals surface area contributed by atoms with Crippen molar-refractivity contribution < 1.29 is 31.2 Å². The molecule has 4 N–H and O–H groups in total. The van der Waals surface area contributed by atoms with E-state index >= 15 is 0 Å². The molecule has 41 heavy (non-hydrogen) atoms. The van der Waals surface area contributed by atoms with E-state index < -0.39 is 42.7 Å². The fourth-order valence-electron chi connectivity index (χ4n) is 4.27. The topological polar surface area (TPSA) is 175 Å². The standard InChI is InChI=1S/C27H34N4O7S3/c1-26(2,38-3)16-30-23(32)19-8-6-18(7-9-19)20-10-11-21-22(14-20)39-25(31-21)27(40(34)35,15-17-4-5-17)24(33)29-12-13-41(28,36)37/h6-11,14,17,40H,4-5,12-13,15-16H2,1-3H3,(H,29,33)(H,30,32)(H2,28,36,37). The summed E-state index contributed by atoms with van der Waals surface area (Å²) in [4.78, 5) is 30.4. The molecule has 1 unspecified atom stereocenters. The lowest BCUT2D eigenvalue weighted by molar-refractivity contribution is -0.124. The summed E-state index contributed by atoms with van der Waals surface area (Å²) in [6.07, 6.45) is 1.69. The number of hydrogen-bond donors (Lipinski definition) is 4. The van der Waals surface area contributed by atoms with Crippen molar-refractivity contribution in [3.05, 3.63) is 53.0 Å². The molecule has 1 aliphatic carbocycles. The first-order valence-electron chi connectivity index (χ1n) is 13.0. The van der Waals surface area contributed by atoms with Crippen molar-refractivity contribution in [3.63, 3.8) is 0 Å². The summed E-state index contributed by atoms with van der Waals surface area (Å²) in [5.41, 5.74) is 2.23. The fraction of sp³-hybridized carbons (Fsp3) is 0.444. The molecule has 1 aromatic heterocycles. The van der Waals surface area contributed by atoms with Gasteiger partial charge < -0.3 is 15.4 Å². The van der Waals surface area contributed by atoms with Crippen LogP contribution in [0.1, 0.15) is 48.5 Å². The van der Waals surface area contributed by atoms with Crippen LogP contribution in [0.2, 0.25) is 0 Å². The van der Waals surface area contributed by atoms with Gasteiger partial charge in [-0.1, -0.05) is 31.0 Å². The van der Waals surface area contributed by atoms with Crippen LogP contribution in [0.5, 0.6) is 0 Å². The lowest BCUT2D eigenvalue weighted by Crippen LogP contribution is -2.47. The van der Waals surface area contributed by atoms with E-state index in [1.165, 1.54) is 0 Å². The van der Waals surface area contributed by atoms with E-state index in [0.29, 0.717) is 22.3 Å². The summed E-state index contributed by atoms with van der Waals surface area (Å²) in [6, 6.07) is 12.6. The van der Waals surface area contributed by atoms with E-state index in [1.54, 1.807) is 25.3 Å². The number of aromatic nitrogens is 1. The lowest BCUT2D eigenvalue weighted by Gasteiger charge is -2.24. The number of carbonyl (C=O) groups excluding carboxylic acids is 2. The molecule has 1 aliphatic rings. The van der Waals surface area contributed by atoms with Crippen LogP contribution >= 0.6 is 11.3 Å². The van der Waals surface area contributed by atoms with Gasteiger partial charge in [-0.3, -0.25) is 9.59 Å². The Hall–Kier alpha value is -2.91. The van der Waals surface area contributed by atoms with Crippen LogP contribution in [0.15, 0.2) is 42.5 Å². The van der Waals surface area contributed by atoms with Crippen LogP contribution in [0.25, 0.3) is 21.3 Å². The Kier molecular flexibility index (Phi) is 9.19. The van der Waals surface area contributed by atoms with Crippen LogP contribution in [0, 0.1) is 5.92 Å². The zero-order chi connectivity index (χ0) is 30.0. The predicted octanol–water partition coefficient (Wildman–Crippen LogP) is 2.13. The van der Waals surface area contributed by atoms with Gasteiger partial charge >= 0.3 is 0 Å². The number of amides is 2. The third-order valence-corrected chi connectivity index (χ3v) is 10.4. The number of fused-ring (bicyclic) bond motifs is 1. The van der Waals surface area contributed by atoms with Gasteiger partial charge in [0.2, 0.25) is 15.9 Å². The maximum Gasteiger partial charge on any atom is 0.251 e. The van der Waals surface area contributed by atoms with Crippen LogP contribution in [0.3, 0.4) is 0 Å². The van der Waals surface area contributed by atoms with Gasteiger partial charge in [0.25, 0.3) is 5.91 Å². The molecule has 1 atom stereocenters. The largest absolute Gasteiger partial charge is 0.377 e. The molecule has 222 valence electrons. The summed E-state index contributed by atoms with van der Waals surface area (Å²) in [5, 5.41) is 10.5. The Morgan fingerprint density at radius 1 is 1.10 bits per heavy atom. The highest BCUT2D eigenvalue weighted by Gasteiger charge is 2.50. The molecule has 0 bridgehead atoms. The molecule has 1 heterocycles. The minimum Gasteiger partial charge on any atom is -0.377 e. The Morgan fingerprint density at radius 2 is 1.76 bits per heavy atom. The number of benzene rings is 2. The van der Waals surface area contributed by atoms with E-state index in [0.717, 1.165) is 35.3 Å². The van der Waals surface area contributed by atoms with Gasteiger partial charge in [0.1, 0.15) is 5.01 Å². The van der Waals surface area contributed by atoms with Crippen LogP contribution < -0.4 is 15.8 Å². The molecular formula is C27H34N4O7S3. The summed E-state index contributed by atoms with van der Waals surface area (Å²) in [6.45, 7) is 3.81. The Bertz CT molecular complexity index is 1620. The van der Waals surface area contributed by atoms with Crippen molar-refractivity contribution in [2.45, 2.75) is 43.5 Å². The normalized spacial score (nSPS) is 15.5. The molecule has 4 rings (SSSR count). The van der Waals surface area contributed by atoms with Crippen molar-refractivity contribution in [2.75, 3.05) is 26.0 Å². The van der Waals surface area contributed by atoms with Gasteiger partial charge in [0.15, 0.2) is 15.5 Å². The molecule has 0 radical (unpaired) electrons. The number of thiazole rings is 1. The van der Waals surface area contributed by atoms with E-state index in [-0.39, 0.29) is 29.8 Å². The predicted molar refractivity (Wildman–Crippen MR) is 159 cm³/mol. The number of rotatable bonds is 13. The first-order chi connectivity index (χ1) is 19.2. The second-order valence-electron chi connectivity index (χ2n) is 10.8. The zero-order valence-electron chi connectivity index (χ0n) is 23.0. The van der Waals surface area contributed by atoms with Gasteiger partial charge in [0, 0.05) is 25.8 Å². The number of methoxy groups -OCH3 is 1. The van der Waals surface area contributed by atoms with Crippen molar-refractivity contribution in [1.82, 2.24) is 15.6 Å². The first-order valence-corrected chi connectivity index (χ1v) is 16.7. The number of sulfonamides is 1. The highest BCUT2D eigenvalue weighted by Crippen LogP contribution is 2.45. The third-order valence-electron chi connectivity index (χ3n) is 7.09. The molecule has 2 aromatic carbocycles. The number of nitrogens with two attached hydrogens (primary N) is 1. The number of hydrogen-bond acceptors (Lipinski definition) is 9. The van der Waals surface area contributed by atoms with E-state index in [4.69, 9.17) is 9.88 Å². The maximum atomic E-state index is 13.3. The summed E-state index contributed by atoms with van der Waals surface area (Å²) in [7, 11) is -5.55. The van der Waals surface area contributed by atoms with Crippen molar-refractivity contribution in [1.29, 1.82) is 0 Å². The monoisotopic (exact) mass is 622 g/mol. The molecule has 0 aliphatic heterocycles. The van der Waals surface area contributed by atoms with Crippen LogP contribution in [-0.4, -0.2) is 65.2 Å². The Balaban J connectivity index is 1.60. The van der Waals surface area contributed by atoms with Crippen LogP contribution in [0.4, 0.5) is 0 Å². The Labute approximate surface area is 244 Å². The van der Waals surface area contributed by atoms with Gasteiger partial charge in [0.05, 0.1) is 21.6 Å². The molecule has 2 amide bonds. The van der Waals surface area contributed by atoms with Gasteiger partial charge in [-0.05, 0) is 61.6 Å². The average molecular weight is 623 g/mol. The van der Waals surface area contributed by atoms with Gasteiger partial charge in [-0.25, -0.2) is 27.0 Å². The average Bonchev–Trinajstić information content (AvgIpc) is 3.64. The number of thiol groups is 1. The first kappa shape index (κ1) is 31.0. The molecular weight excluding hydrogens is 589 g/mol. The zero-order valence-corrected chi connectivity index (χ0v) is 25.5. The smallest absolute Gasteiger partial charge is 0.251 e. The van der Waals surface area contributed by atoms with Crippen molar-refractivity contribution in [2.24, 2.45) is 11.1 Å². The van der Waals surface area contributed by atoms with Gasteiger partial charge in [-0.15, -0.1) is 11.3 Å². The maximum absolute atomic E-state index is 13.3. The lowest BCUT2D eigenvalue weighted by atomic mass is 10.0. The van der Waals surface area contributed by atoms with Crippen molar-refractivity contribution in [3.8, 4) is 11.1 Å². The highest BCUT2D eigenvalue weighted by molar-refractivity contribution is 7.89. The molecule has 11 nitrogen and oxygen atoms in total. The molecule has 14 heteroatoms. The minimum atomic E-state index is -3.84.